The van der Waals surface area contributed by atoms with Crippen LogP contribution in [0.5, 0.6) is 0 Å². The Morgan fingerprint density at radius 2 is 2.07 bits per heavy atom. The third kappa shape index (κ3) is 2.78. The summed E-state index contributed by atoms with van der Waals surface area (Å²) in [7, 11) is -4.65. The summed E-state index contributed by atoms with van der Waals surface area (Å²) in [6, 6.07) is 4.58. The highest BCUT2D eigenvalue weighted by Gasteiger charge is 2.10. The summed E-state index contributed by atoms with van der Waals surface area (Å²) in [6.07, 6.45) is 0. The maximum Gasteiger partial charge on any atom is 0.306 e. The SMILES string of the molecule is N#Cc1cc(CS(=O)(=O)F)ccc1F. The molecule has 0 fully saturated rings. The second-order valence-corrected chi connectivity index (χ2v) is 3.98. The predicted molar refractivity (Wildman–Crippen MR) is 44.8 cm³/mol. The van der Waals surface area contributed by atoms with Gasteiger partial charge < -0.3 is 0 Å². The Morgan fingerprint density at radius 3 is 2.57 bits per heavy atom. The molecule has 0 atom stereocenters. The van der Waals surface area contributed by atoms with Crippen molar-refractivity contribution in [1.82, 2.24) is 0 Å². The van der Waals surface area contributed by atoms with Crippen molar-refractivity contribution in [3.8, 4) is 6.07 Å². The Bertz CT molecular complexity index is 491. The van der Waals surface area contributed by atoms with Crippen molar-refractivity contribution in [2.45, 2.75) is 5.75 Å². The highest BCUT2D eigenvalue weighted by Crippen LogP contribution is 2.12. The smallest absolute Gasteiger partial charge is 0.206 e. The summed E-state index contributed by atoms with van der Waals surface area (Å²) in [5.41, 5.74) is -0.253. The van der Waals surface area contributed by atoms with E-state index in [0.717, 1.165) is 18.2 Å². The number of nitrogens with zero attached hydrogens (tertiary/aromatic N) is 1. The molecule has 6 heteroatoms. The zero-order valence-corrected chi connectivity index (χ0v) is 7.68. The molecular weight excluding hydrogens is 212 g/mol. The summed E-state index contributed by atoms with van der Waals surface area (Å²) < 4.78 is 45.4. The molecule has 0 aliphatic carbocycles. The van der Waals surface area contributed by atoms with Crippen LogP contribution in [0.1, 0.15) is 11.1 Å². The van der Waals surface area contributed by atoms with Crippen LogP contribution < -0.4 is 0 Å². The Kier molecular flexibility index (Phi) is 2.81. The van der Waals surface area contributed by atoms with Gasteiger partial charge in [-0.05, 0) is 17.7 Å². The number of rotatable bonds is 2. The Labute approximate surface area is 79.8 Å². The summed E-state index contributed by atoms with van der Waals surface area (Å²) in [6.45, 7) is 0. The van der Waals surface area contributed by atoms with Crippen LogP contribution in [0.2, 0.25) is 0 Å². The van der Waals surface area contributed by atoms with E-state index in [0.29, 0.717) is 0 Å². The molecule has 0 aromatic heterocycles. The molecule has 0 bridgehead atoms. The highest BCUT2D eigenvalue weighted by molar-refractivity contribution is 7.85. The summed E-state index contributed by atoms with van der Waals surface area (Å²) in [4.78, 5) is 0. The van der Waals surface area contributed by atoms with Gasteiger partial charge in [0.25, 0.3) is 0 Å². The third-order valence-corrected chi connectivity index (χ3v) is 2.17. The molecule has 3 nitrogen and oxygen atoms in total. The fourth-order valence-corrected chi connectivity index (χ4v) is 1.52. The van der Waals surface area contributed by atoms with Crippen LogP contribution in [0.25, 0.3) is 0 Å². The number of hydrogen-bond acceptors (Lipinski definition) is 3. The van der Waals surface area contributed by atoms with E-state index in [1.165, 1.54) is 6.07 Å². The molecule has 74 valence electrons. The Balaban J connectivity index is 3.09. The van der Waals surface area contributed by atoms with Gasteiger partial charge in [0.15, 0.2) is 0 Å². The van der Waals surface area contributed by atoms with Crippen molar-refractivity contribution in [2.75, 3.05) is 0 Å². The molecule has 0 saturated heterocycles. The van der Waals surface area contributed by atoms with Gasteiger partial charge in [-0.15, -0.1) is 3.89 Å². The maximum absolute atomic E-state index is 12.7. The second kappa shape index (κ2) is 3.72. The van der Waals surface area contributed by atoms with Gasteiger partial charge in [0.1, 0.15) is 17.6 Å². The van der Waals surface area contributed by atoms with Gasteiger partial charge in [0.2, 0.25) is 0 Å². The maximum atomic E-state index is 12.7. The average Bonchev–Trinajstić information content (AvgIpc) is 2.06. The summed E-state index contributed by atoms with van der Waals surface area (Å²) in [5, 5.41) is 8.41. The van der Waals surface area contributed by atoms with Gasteiger partial charge in [0.05, 0.1) is 5.56 Å². The second-order valence-electron chi connectivity index (χ2n) is 2.61. The van der Waals surface area contributed by atoms with Gasteiger partial charge in [-0.1, -0.05) is 6.07 Å². The van der Waals surface area contributed by atoms with Gasteiger partial charge in [-0.25, -0.2) is 4.39 Å². The first-order valence-electron chi connectivity index (χ1n) is 3.53. The lowest BCUT2D eigenvalue weighted by Gasteiger charge is -1.98. The number of hydrogen-bond donors (Lipinski definition) is 0. The van der Waals surface area contributed by atoms with Crippen LogP contribution in [-0.2, 0) is 16.0 Å². The van der Waals surface area contributed by atoms with E-state index in [-0.39, 0.29) is 11.1 Å². The zero-order valence-electron chi connectivity index (χ0n) is 6.87. The van der Waals surface area contributed by atoms with Crippen LogP contribution >= 0.6 is 0 Å². The molecule has 0 aliphatic heterocycles. The van der Waals surface area contributed by atoms with E-state index >= 15 is 0 Å². The van der Waals surface area contributed by atoms with E-state index in [1.54, 1.807) is 0 Å². The molecule has 1 aromatic carbocycles. The minimum Gasteiger partial charge on any atom is -0.206 e. The number of halogens is 2. The quantitative estimate of drug-likeness (QED) is 0.705. The topological polar surface area (TPSA) is 57.9 Å². The van der Waals surface area contributed by atoms with Crippen LogP contribution in [-0.4, -0.2) is 8.42 Å². The van der Waals surface area contributed by atoms with Crippen LogP contribution in [0, 0.1) is 17.1 Å². The minimum atomic E-state index is -4.65. The van der Waals surface area contributed by atoms with Crippen molar-refractivity contribution < 1.29 is 16.7 Å². The minimum absolute atomic E-state index is 0.0467. The molecule has 0 saturated carbocycles. The lowest BCUT2D eigenvalue weighted by atomic mass is 10.1. The van der Waals surface area contributed by atoms with Gasteiger partial charge >= 0.3 is 10.2 Å². The van der Waals surface area contributed by atoms with E-state index in [4.69, 9.17) is 5.26 Å². The first kappa shape index (κ1) is 10.6. The fourth-order valence-electron chi connectivity index (χ4n) is 0.947. The molecule has 0 N–H and O–H groups in total. The molecule has 1 aromatic rings. The molecule has 0 amide bonds. The van der Waals surface area contributed by atoms with Crippen LogP contribution in [0.4, 0.5) is 8.28 Å². The first-order valence-corrected chi connectivity index (χ1v) is 5.08. The van der Waals surface area contributed by atoms with E-state index in [1.807, 2.05) is 0 Å². The molecule has 0 unspecified atom stereocenters. The van der Waals surface area contributed by atoms with Crippen LogP contribution in [0.15, 0.2) is 18.2 Å². The van der Waals surface area contributed by atoms with Crippen molar-refractivity contribution in [2.24, 2.45) is 0 Å². The van der Waals surface area contributed by atoms with Crippen molar-refractivity contribution in [3.05, 3.63) is 35.1 Å². The van der Waals surface area contributed by atoms with E-state index < -0.39 is 21.8 Å². The highest BCUT2D eigenvalue weighted by atomic mass is 32.3. The summed E-state index contributed by atoms with van der Waals surface area (Å²) >= 11 is 0. The van der Waals surface area contributed by atoms with Crippen molar-refractivity contribution in [3.63, 3.8) is 0 Å². The lowest BCUT2D eigenvalue weighted by molar-refractivity contribution is 0.551. The monoisotopic (exact) mass is 217 g/mol. The van der Waals surface area contributed by atoms with E-state index in [2.05, 4.69) is 0 Å². The fraction of sp³-hybridized carbons (Fsp3) is 0.125. The van der Waals surface area contributed by atoms with Gasteiger partial charge in [0, 0.05) is 0 Å². The third-order valence-electron chi connectivity index (χ3n) is 1.49. The van der Waals surface area contributed by atoms with E-state index in [9.17, 15) is 16.7 Å². The normalized spacial score (nSPS) is 10.9. The zero-order chi connectivity index (χ0) is 10.8. The number of benzene rings is 1. The van der Waals surface area contributed by atoms with Gasteiger partial charge in [-0.3, -0.25) is 0 Å². The molecule has 1 rings (SSSR count). The molecule has 0 aliphatic rings. The summed E-state index contributed by atoms with van der Waals surface area (Å²) in [5.74, 6) is -1.60. The molecule has 0 heterocycles. The first-order chi connectivity index (χ1) is 6.42. The molecule has 14 heavy (non-hydrogen) atoms. The predicted octanol–water partition coefficient (Wildman–Crippen LogP) is 1.50. The lowest BCUT2D eigenvalue weighted by Crippen LogP contribution is -1.97. The van der Waals surface area contributed by atoms with Gasteiger partial charge in [-0.2, -0.15) is 13.7 Å². The van der Waals surface area contributed by atoms with Crippen molar-refractivity contribution in [1.29, 1.82) is 5.26 Å². The van der Waals surface area contributed by atoms with Crippen LogP contribution in [0.3, 0.4) is 0 Å². The number of nitriles is 1. The molecular formula is C8H5F2NO2S. The molecule has 0 radical (unpaired) electrons. The average molecular weight is 217 g/mol. The standard InChI is InChI=1S/C8H5F2NO2S/c9-8-2-1-6(3-7(8)4-11)5-14(10,12)13/h1-3H,5H2. The largest absolute Gasteiger partial charge is 0.306 e. The molecule has 0 spiro atoms. The Hall–Kier alpha value is -1.48. The Morgan fingerprint density at radius 1 is 1.43 bits per heavy atom. The van der Waals surface area contributed by atoms with Crippen molar-refractivity contribution >= 4 is 10.2 Å².